The highest BCUT2D eigenvalue weighted by Gasteiger charge is 2.05. The summed E-state index contributed by atoms with van der Waals surface area (Å²) in [5.41, 5.74) is 1.15. The Morgan fingerprint density at radius 2 is 2.00 bits per heavy atom. The molecule has 0 radical (unpaired) electrons. The molecule has 0 saturated heterocycles. The Morgan fingerprint density at radius 1 is 1.19 bits per heavy atom. The first-order valence-electron chi connectivity index (χ1n) is 5.42. The number of hydrogen-bond donors (Lipinski definition) is 1. The Balaban J connectivity index is 2.02. The molecule has 1 heterocycles. The number of nitrogens with zero attached hydrogens (tertiary/aromatic N) is 2. The minimum absolute atomic E-state index is 1.01. The van der Waals surface area contributed by atoms with Crippen LogP contribution >= 0.6 is 11.3 Å². The van der Waals surface area contributed by atoms with Gasteiger partial charge in [0.2, 0.25) is 0 Å². The van der Waals surface area contributed by atoms with E-state index in [2.05, 4.69) is 27.6 Å². The van der Waals surface area contributed by atoms with Crippen LogP contribution in [0.15, 0.2) is 30.3 Å². The van der Waals surface area contributed by atoms with Crippen LogP contribution in [-0.4, -0.2) is 23.8 Å². The Bertz CT molecular complexity index is 425. The van der Waals surface area contributed by atoms with Crippen molar-refractivity contribution in [2.75, 3.05) is 13.6 Å². The number of aryl methyl sites for hydroxylation is 1. The van der Waals surface area contributed by atoms with E-state index in [-0.39, 0.29) is 0 Å². The van der Waals surface area contributed by atoms with Gasteiger partial charge < -0.3 is 5.32 Å². The third-order valence-electron chi connectivity index (χ3n) is 2.31. The SMILES string of the molecule is CNCCCc1nnc(-c2ccccc2)s1. The topological polar surface area (TPSA) is 37.8 Å². The van der Waals surface area contributed by atoms with E-state index in [9.17, 15) is 0 Å². The highest BCUT2D eigenvalue weighted by Crippen LogP contribution is 2.23. The number of benzene rings is 1. The van der Waals surface area contributed by atoms with Crippen molar-refractivity contribution in [3.05, 3.63) is 35.3 Å². The van der Waals surface area contributed by atoms with Gasteiger partial charge >= 0.3 is 0 Å². The van der Waals surface area contributed by atoms with Gasteiger partial charge in [-0.05, 0) is 20.0 Å². The zero-order chi connectivity index (χ0) is 11.2. The van der Waals surface area contributed by atoms with Crippen LogP contribution in [0.1, 0.15) is 11.4 Å². The summed E-state index contributed by atoms with van der Waals surface area (Å²) in [7, 11) is 1.97. The molecule has 0 spiro atoms. The van der Waals surface area contributed by atoms with Gasteiger partial charge in [0, 0.05) is 12.0 Å². The maximum absolute atomic E-state index is 4.21. The zero-order valence-electron chi connectivity index (χ0n) is 9.31. The molecular weight excluding hydrogens is 218 g/mol. The molecule has 0 aliphatic heterocycles. The van der Waals surface area contributed by atoms with Crippen molar-refractivity contribution in [3.63, 3.8) is 0 Å². The molecule has 0 aliphatic rings. The van der Waals surface area contributed by atoms with Crippen LogP contribution in [0.3, 0.4) is 0 Å². The predicted octanol–water partition coefficient (Wildman–Crippen LogP) is 2.36. The van der Waals surface area contributed by atoms with Crippen LogP contribution in [0, 0.1) is 0 Å². The molecule has 16 heavy (non-hydrogen) atoms. The molecule has 2 aromatic rings. The van der Waals surface area contributed by atoms with E-state index in [1.54, 1.807) is 11.3 Å². The molecule has 0 fully saturated rings. The van der Waals surface area contributed by atoms with Crippen molar-refractivity contribution >= 4 is 11.3 Å². The molecule has 4 heteroatoms. The number of nitrogens with one attached hydrogen (secondary N) is 1. The maximum Gasteiger partial charge on any atom is 0.147 e. The van der Waals surface area contributed by atoms with Crippen LogP contribution in [0.4, 0.5) is 0 Å². The highest BCUT2D eigenvalue weighted by molar-refractivity contribution is 7.14. The number of aromatic nitrogens is 2. The van der Waals surface area contributed by atoms with Crippen molar-refractivity contribution in [1.82, 2.24) is 15.5 Å². The van der Waals surface area contributed by atoms with Crippen LogP contribution in [-0.2, 0) is 6.42 Å². The lowest BCUT2D eigenvalue weighted by molar-refractivity contribution is 0.718. The summed E-state index contributed by atoms with van der Waals surface area (Å²) in [6, 6.07) is 10.2. The van der Waals surface area contributed by atoms with E-state index in [1.807, 2.05) is 25.2 Å². The molecular formula is C12H15N3S. The second-order valence-corrected chi connectivity index (χ2v) is 4.64. The van der Waals surface area contributed by atoms with Gasteiger partial charge in [-0.3, -0.25) is 0 Å². The third kappa shape index (κ3) is 2.87. The molecule has 0 unspecified atom stereocenters. The molecule has 1 aromatic heterocycles. The minimum Gasteiger partial charge on any atom is -0.320 e. The second kappa shape index (κ2) is 5.72. The van der Waals surface area contributed by atoms with Gasteiger partial charge in [0.05, 0.1) is 0 Å². The molecule has 0 aliphatic carbocycles. The van der Waals surface area contributed by atoms with Gasteiger partial charge in [0.1, 0.15) is 10.0 Å². The number of hydrogen-bond acceptors (Lipinski definition) is 4. The molecule has 3 nitrogen and oxygen atoms in total. The molecule has 1 N–H and O–H groups in total. The zero-order valence-corrected chi connectivity index (χ0v) is 10.1. The predicted molar refractivity (Wildman–Crippen MR) is 67.6 cm³/mol. The van der Waals surface area contributed by atoms with Crippen molar-refractivity contribution in [3.8, 4) is 10.6 Å². The fourth-order valence-corrected chi connectivity index (χ4v) is 2.36. The Labute approximate surface area is 99.5 Å². The lowest BCUT2D eigenvalue weighted by Crippen LogP contribution is -2.08. The average Bonchev–Trinajstić information content (AvgIpc) is 2.79. The Morgan fingerprint density at radius 3 is 2.75 bits per heavy atom. The lowest BCUT2D eigenvalue weighted by atomic mass is 10.2. The molecule has 0 bridgehead atoms. The molecule has 84 valence electrons. The Kier molecular flexibility index (Phi) is 4.02. The van der Waals surface area contributed by atoms with Crippen LogP contribution in [0.2, 0.25) is 0 Å². The molecule has 0 atom stereocenters. The first-order valence-corrected chi connectivity index (χ1v) is 6.24. The average molecular weight is 233 g/mol. The minimum atomic E-state index is 1.01. The summed E-state index contributed by atoms with van der Waals surface area (Å²) in [4.78, 5) is 0. The van der Waals surface area contributed by atoms with Crippen LogP contribution in [0.25, 0.3) is 10.6 Å². The maximum atomic E-state index is 4.21. The van der Waals surface area contributed by atoms with Crippen molar-refractivity contribution in [2.24, 2.45) is 0 Å². The smallest absolute Gasteiger partial charge is 0.147 e. The monoisotopic (exact) mass is 233 g/mol. The van der Waals surface area contributed by atoms with Gasteiger partial charge in [-0.15, -0.1) is 10.2 Å². The van der Waals surface area contributed by atoms with Crippen molar-refractivity contribution in [1.29, 1.82) is 0 Å². The van der Waals surface area contributed by atoms with E-state index in [0.717, 1.165) is 35.0 Å². The third-order valence-corrected chi connectivity index (χ3v) is 3.34. The summed E-state index contributed by atoms with van der Waals surface area (Å²) < 4.78 is 0. The molecule has 1 aromatic carbocycles. The van der Waals surface area contributed by atoms with Gasteiger partial charge in [0.25, 0.3) is 0 Å². The van der Waals surface area contributed by atoms with E-state index >= 15 is 0 Å². The normalized spacial score (nSPS) is 10.6. The van der Waals surface area contributed by atoms with Gasteiger partial charge in [-0.2, -0.15) is 0 Å². The summed E-state index contributed by atoms with van der Waals surface area (Å²) in [5, 5.41) is 13.7. The fraction of sp³-hybridized carbons (Fsp3) is 0.333. The second-order valence-electron chi connectivity index (χ2n) is 3.57. The summed E-state index contributed by atoms with van der Waals surface area (Å²) in [6.07, 6.45) is 2.12. The summed E-state index contributed by atoms with van der Waals surface area (Å²) in [5.74, 6) is 0. The van der Waals surface area contributed by atoms with Crippen molar-refractivity contribution < 1.29 is 0 Å². The summed E-state index contributed by atoms with van der Waals surface area (Å²) in [6.45, 7) is 1.03. The van der Waals surface area contributed by atoms with Crippen LogP contribution in [0.5, 0.6) is 0 Å². The Hall–Kier alpha value is -1.26. The standard InChI is InChI=1S/C12H15N3S/c1-13-9-5-8-11-14-15-12(16-11)10-6-3-2-4-7-10/h2-4,6-7,13H,5,8-9H2,1H3. The molecule has 0 amide bonds. The molecule has 2 rings (SSSR count). The molecule has 0 saturated carbocycles. The van der Waals surface area contributed by atoms with Crippen molar-refractivity contribution in [2.45, 2.75) is 12.8 Å². The van der Waals surface area contributed by atoms with E-state index < -0.39 is 0 Å². The van der Waals surface area contributed by atoms with E-state index in [4.69, 9.17) is 0 Å². The highest BCUT2D eigenvalue weighted by atomic mass is 32.1. The van der Waals surface area contributed by atoms with Gasteiger partial charge in [-0.25, -0.2) is 0 Å². The van der Waals surface area contributed by atoms with Gasteiger partial charge in [-0.1, -0.05) is 41.7 Å². The lowest BCUT2D eigenvalue weighted by Gasteiger charge is -1.94. The number of rotatable bonds is 5. The quantitative estimate of drug-likeness (QED) is 0.806. The van der Waals surface area contributed by atoms with Gasteiger partial charge in [0.15, 0.2) is 0 Å². The first kappa shape index (κ1) is 11.2. The first-order chi connectivity index (χ1) is 7.90. The fourth-order valence-electron chi connectivity index (χ4n) is 1.47. The van der Waals surface area contributed by atoms with Crippen LogP contribution < -0.4 is 5.32 Å². The largest absolute Gasteiger partial charge is 0.320 e. The van der Waals surface area contributed by atoms with E-state index in [1.165, 1.54) is 0 Å². The summed E-state index contributed by atoms with van der Waals surface area (Å²) >= 11 is 1.69. The van der Waals surface area contributed by atoms with E-state index in [0.29, 0.717) is 0 Å².